The summed E-state index contributed by atoms with van der Waals surface area (Å²) in [5, 5.41) is 26.9. The number of hydrogen-bond acceptors (Lipinski definition) is 9. The predicted molar refractivity (Wildman–Crippen MR) is 127 cm³/mol. The number of carbonyl (C=O) groups excluding carboxylic acids is 3. The second-order valence-corrected chi connectivity index (χ2v) is 10.4. The van der Waals surface area contributed by atoms with E-state index in [1.165, 1.54) is 17.2 Å². The van der Waals surface area contributed by atoms with Crippen molar-refractivity contribution in [3.05, 3.63) is 28.1 Å². The van der Waals surface area contributed by atoms with Crippen LogP contribution in [-0.4, -0.2) is 73.6 Å². The SMILES string of the molecule is CC/C=C(\C(=O)N[C@@H]1C(=O)N2C(C(=O)O)C(CO)=CS[C@H]12)c1csc(NC(=O)OC(C)(C)C)n1. The second-order valence-electron chi connectivity index (χ2n) is 8.51. The van der Waals surface area contributed by atoms with Gasteiger partial charge in [-0.1, -0.05) is 13.0 Å². The number of ether oxygens (including phenoxy) is 1. The Morgan fingerprint density at radius 1 is 1.32 bits per heavy atom. The molecule has 0 aliphatic carbocycles. The fourth-order valence-corrected chi connectivity index (χ4v) is 5.33. The van der Waals surface area contributed by atoms with Crippen molar-refractivity contribution in [3.8, 4) is 0 Å². The summed E-state index contributed by atoms with van der Waals surface area (Å²) in [6, 6.07) is -2.18. The van der Waals surface area contributed by atoms with Gasteiger partial charge < -0.3 is 25.2 Å². The zero-order valence-electron chi connectivity index (χ0n) is 19.0. The molecule has 0 bridgehead atoms. The van der Waals surface area contributed by atoms with E-state index < -0.39 is 53.5 Å². The molecule has 2 aliphatic rings. The van der Waals surface area contributed by atoms with Gasteiger partial charge in [0.05, 0.1) is 17.9 Å². The average molecular weight is 511 g/mol. The number of anilines is 1. The number of carboxylic acids is 1. The molecule has 1 unspecified atom stereocenters. The number of hydrogen-bond donors (Lipinski definition) is 4. The summed E-state index contributed by atoms with van der Waals surface area (Å²) in [5.74, 6) is -2.33. The van der Waals surface area contributed by atoms with Crippen LogP contribution in [0.3, 0.4) is 0 Å². The molecule has 1 saturated heterocycles. The molecule has 0 aromatic carbocycles. The van der Waals surface area contributed by atoms with Crippen LogP contribution in [0.4, 0.5) is 9.93 Å². The zero-order valence-corrected chi connectivity index (χ0v) is 20.7. The Hall–Kier alpha value is -2.90. The summed E-state index contributed by atoms with van der Waals surface area (Å²) in [6.45, 7) is 6.56. The summed E-state index contributed by atoms with van der Waals surface area (Å²) in [5.41, 5.74) is 0.0846. The van der Waals surface area contributed by atoms with E-state index in [1.807, 2.05) is 6.92 Å². The summed E-state index contributed by atoms with van der Waals surface area (Å²) >= 11 is 2.29. The number of amides is 3. The number of rotatable bonds is 7. The minimum absolute atomic E-state index is 0.214. The van der Waals surface area contributed by atoms with Gasteiger partial charge in [0.1, 0.15) is 17.0 Å². The van der Waals surface area contributed by atoms with Gasteiger partial charge in [0, 0.05) is 5.38 Å². The molecule has 0 saturated carbocycles. The predicted octanol–water partition coefficient (Wildman–Crippen LogP) is 2.01. The van der Waals surface area contributed by atoms with Gasteiger partial charge in [-0.25, -0.2) is 14.6 Å². The highest BCUT2D eigenvalue weighted by atomic mass is 32.2. The first-order valence-corrected chi connectivity index (χ1v) is 12.3. The van der Waals surface area contributed by atoms with Gasteiger partial charge in [0.25, 0.3) is 5.91 Å². The number of fused-ring (bicyclic) bond motifs is 1. The number of carboxylic acid groups (broad SMARTS) is 1. The Morgan fingerprint density at radius 2 is 2.03 bits per heavy atom. The molecule has 4 N–H and O–H groups in total. The minimum atomic E-state index is -1.26. The third-order valence-electron chi connectivity index (χ3n) is 4.81. The van der Waals surface area contributed by atoms with E-state index in [0.717, 1.165) is 16.2 Å². The van der Waals surface area contributed by atoms with Crippen molar-refractivity contribution in [3.63, 3.8) is 0 Å². The Bertz CT molecular complexity index is 1060. The van der Waals surface area contributed by atoms with Crippen molar-refractivity contribution >= 4 is 57.7 Å². The lowest BCUT2D eigenvalue weighted by Gasteiger charge is -2.51. The molecule has 3 atom stereocenters. The molecule has 13 heteroatoms. The first-order valence-electron chi connectivity index (χ1n) is 10.4. The smallest absolute Gasteiger partial charge is 0.413 e. The monoisotopic (exact) mass is 510 g/mol. The van der Waals surface area contributed by atoms with Crippen molar-refractivity contribution in [2.24, 2.45) is 0 Å². The molecular weight excluding hydrogens is 484 g/mol. The number of β-lactam (4-membered cyclic amide) rings is 1. The number of allylic oxidation sites excluding steroid dienone is 1. The number of thioether (sulfide) groups is 1. The highest BCUT2D eigenvalue weighted by Crippen LogP contribution is 2.40. The van der Waals surface area contributed by atoms with Crippen LogP contribution in [0, 0.1) is 0 Å². The van der Waals surface area contributed by atoms with Crippen LogP contribution < -0.4 is 10.6 Å². The van der Waals surface area contributed by atoms with E-state index in [9.17, 15) is 29.4 Å². The van der Waals surface area contributed by atoms with Crippen molar-refractivity contribution in [1.29, 1.82) is 0 Å². The third kappa shape index (κ3) is 5.42. The fourth-order valence-electron chi connectivity index (χ4n) is 3.42. The molecular formula is C21H26N4O7S2. The maximum atomic E-state index is 13.0. The van der Waals surface area contributed by atoms with E-state index in [4.69, 9.17) is 4.74 Å². The molecule has 3 rings (SSSR count). The minimum Gasteiger partial charge on any atom is -0.479 e. The van der Waals surface area contributed by atoms with Gasteiger partial charge in [-0.15, -0.1) is 23.1 Å². The maximum absolute atomic E-state index is 13.0. The Kier molecular flexibility index (Phi) is 7.68. The summed E-state index contributed by atoms with van der Waals surface area (Å²) in [7, 11) is 0. The van der Waals surface area contributed by atoms with Gasteiger partial charge in [-0.3, -0.25) is 14.9 Å². The number of aliphatic hydroxyl groups is 1. The Morgan fingerprint density at radius 3 is 2.62 bits per heavy atom. The second kappa shape index (κ2) is 10.2. The van der Waals surface area contributed by atoms with Crippen molar-refractivity contribution < 1.29 is 34.1 Å². The van der Waals surface area contributed by atoms with E-state index in [-0.39, 0.29) is 16.3 Å². The Labute approximate surface area is 204 Å². The van der Waals surface area contributed by atoms with Crippen LogP contribution in [0.15, 0.2) is 22.4 Å². The summed E-state index contributed by atoms with van der Waals surface area (Å²) in [6.07, 6.45) is 1.50. The van der Waals surface area contributed by atoms with Crippen molar-refractivity contribution in [1.82, 2.24) is 15.2 Å². The number of nitrogens with zero attached hydrogens (tertiary/aromatic N) is 2. The maximum Gasteiger partial charge on any atom is 0.413 e. The molecule has 3 amide bonds. The average Bonchev–Trinajstić information content (AvgIpc) is 3.20. The molecule has 0 spiro atoms. The lowest BCUT2D eigenvalue weighted by Crippen LogP contribution is -2.74. The van der Waals surface area contributed by atoms with Crippen LogP contribution in [0.25, 0.3) is 5.57 Å². The number of carbonyl (C=O) groups is 4. The van der Waals surface area contributed by atoms with Crippen LogP contribution >= 0.6 is 23.1 Å². The van der Waals surface area contributed by atoms with Gasteiger partial charge >= 0.3 is 12.1 Å². The van der Waals surface area contributed by atoms with Crippen molar-refractivity contribution in [2.75, 3.05) is 11.9 Å². The first-order chi connectivity index (χ1) is 16.0. The summed E-state index contributed by atoms with van der Waals surface area (Å²) < 4.78 is 5.20. The highest BCUT2D eigenvalue weighted by molar-refractivity contribution is 8.02. The zero-order chi connectivity index (χ0) is 25.2. The standard InChI is InChI=1S/C21H26N4O7S2/c1-5-6-11(12-9-34-19(22-12)24-20(31)32-21(2,3)4)15(27)23-13-16(28)25-14(18(29)30)10(7-26)8-33-17(13)25/h6,8-9,13-14,17,26H,5,7H2,1-4H3,(H,23,27)(H,29,30)(H,22,24,31)/b11-6-/t13-,14?,17-/m1/s1. The van der Waals surface area contributed by atoms with E-state index >= 15 is 0 Å². The van der Waals surface area contributed by atoms with Gasteiger partial charge in [-0.05, 0) is 38.2 Å². The Balaban J connectivity index is 1.71. The number of nitrogens with one attached hydrogen (secondary N) is 2. The lowest BCUT2D eigenvalue weighted by atomic mass is 9.98. The molecule has 1 fully saturated rings. The summed E-state index contributed by atoms with van der Waals surface area (Å²) in [4.78, 5) is 54.8. The molecule has 2 aliphatic heterocycles. The number of aliphatic hydroxyl groups excluding tert-OH is 1. The quantitative estimate of drug-likeness (QED) is 0.318. The molecule has 1 aromatic rings. The van der Waals surface area contributed by atoms with Gasteiger partial charge in [0.2, 0.25) is 5.91 Å². The van der Waals surface area contributed by atoms with Crippen LogP contribution in [-0.2, 0) is 19.1 Å². The first kappa shape index (κ1) is 25.7. The fraction of sp³-hybridized carbons (Fsp3) is 0.476. The van der Waals surface area contributed by atoms with E-state index in [2.05, 4.69) is 15.6 Å². The van der Waals surface area contributed by atoms with Crippen LogP contribution in [0.2, 0.25) is 0 Å². The molecule has 0 radical (unpaired) electrons. The lowest BCUT2D eigenvalue weighted by molar-refractivity contribution is -0.160. The highest BCUT2D eigenvalue weighted by Gasteiger charge is 2.55. The number of thiazole rings is 1. The molecule has 1 aromatic heterocycles. The molecule has 184 valence electrons. The molecule has 3 heterocycles. The van der Waals surface area contributed by atoms with Crippen LogP contribution in [0.5, 0.6) is 0 Å². The third-order valence-corrected chi connectivity index (χ3v) is 6.79. The van der Waals surface area contributed by atoms with Gasteiger partial charge in [-0.2, -0.15) is 0 Å². The largest absolute Gasteiger partial charge is 0.479 e. The number of aromatic nitrogens is 1. The van der Waals surface area contributed by atoms with E-state index in [0.29, 0.717) is 12.1 Å². The number of aliphatic carboxylic acids is 1. The molecule has 34 heavy (non-hydrogen) atoms. The van der Waals surface area contributed by atoms with Crippen molar-refractivity contribution in [2.45, 2.75) is 57.2 Å². The molecule has 11 nitrogen and oxygen atoms in total. The van der Waals surface area contributed by atoms with Crippen LogP contribution in [0.1, 0.15) is 39.8 Å². The van der Waals surface area contributed by atoms with Gasteiger partial charge in [0.15, 0.2) is 11.2 Å². The topological polar surface area (TPSA) is 158 Å². The van der Waals surface area contributed by atoms with E-state index in [1.54, 1.807) is 32.2 Å². The normalized spacial score (nSPS) is 22.3.